The van der Waals surface area contributed by atoms with E-state index in [0.29, 0.717) is 17.1 Å². The molecule has 0 atom stereocenters. The highest BCUT2D eigenvalue weighted by molar-refractivity contribution is 7.15. The Balaban J connectivity index is 1.69. The van der Waals surface area contributed by atoms with Gasteiger partial charge in [-0.1, -0.05) is 29.8 Å². The molecule has 1 amide bonds. The molecule has 0 fully saturated rings. The Hall–Kier alpha value is -1.69. The van der Waals surface area contributed by atoms with E-state index in [0.717, 1.165) is 15.5 Å². The molecular formula is C15H11ClN2OS2. The predicted octanol–water partition coefficient (Wildman–Crippen LogP) is 4.70. The molecule has 0 unspecified atom stereocenters. The number of aromatic nitrogens is 1. The molecule has 0 aliphatic rings. The standard InChI is InChI=1S/C15H11ClN2OS2/c16-13-4-2-1-3-10(13)7-12-8-17-15(21-12)18-14(19)11-5-6-20-9-11/h1-6,8-9H,7H2,(H,17,18,19). The second-order valence-electron chi connectivity index (χ2n) is 4.37. The Kier molecular flexibility index (Phi) is 4.34. The molecule has 0 aliphatic heterocycles. The molecule has 3 aromatic rings. The van der Waals surface area contributed by atoms with E-state index < -0.39 is 0 Å². The molecule has 0 saturated heterocycles. The highest BCUT2D eigenvalue weighted by atomic mass is 35.5. The molecule has 0 spiro atoms. The van der Waals surface area contributed by atoms with Crippen LogP contribution in [0.25, 0.3) is 0 Å². The molecule has 0 radical (unpaired) electrons. The van der Waals surface area contributed by atoms with Crippen molar-refractivity contribution in [2.45, 2.75) is 6.42 Å². The van der Waals surface area contributed by atoms with Crippen LogP contribution in [0.1, 0.15) is 20.8 Å². The SMILES string of the molecule is O=C(Nc1ncc(Cc2ccccc2Cl)s1)c1ccsc1. The highest BCUT2D eigenvalue weighted by Gasteiger charge is 2.10. The van der Waals surface area contributed by atoms with Gasteiger partial charge in [0.2, 0.25) is 0 Å². The van der Waals surface area contributed by atoms with Gasteiger partial charge >= 0.3 is 0 Å². The first kappa shape index (κ1) is 14.3. The molecule has 21 heavy (non-hydrogen) atoms. The number of carbonyl (C=O) groups excluding carboxylic acids is 1. The van der Waals surface area contributed by atoms with Gasteiger partial charge in [-0.2, -0.15) is 11.3 Å². The van der Waals surface area contributed by atoms with Crippen LogP contribution >= 0.6 is 34.3 Å². The summed E-state index contributed by atoms with van der Waals surface area (Å²) in [5.41, 5.74) is 1.71. The van der Waals surface area contributed by atoms with Crippen LogP contribution in [0, 0.1) is 0 Å². The smallest absolute Gasteiger partial charge is 0.258 e. The highest BCUT2D eigenvalue weighted by Crippen LogP contribution is 2.25. The summed E-state index contributed by atoms with van der Waals surface area (Å²) < 4.78 is 0. The third-order valence-electron chi connectivity index (χ3n) is 2.88. The van der Waals surface area contributed by atoms with Crippen LogP contribution < -0.4 is 5.32 Å². The van der Waals surface area contributed by atoms with Crippen molar-refractivity contribution in [3.05, 3.63) is 68.3 Å². The van der Waals surface area contributed by atoms with E-state index in [2.05, 4.69) is 10.3 Å². The normalized spacial score (nSPS) is 10.5. The van der Waals surface area contributed by atoms with Gasteiger partial charge in [-0.15, -0.1) is 11.3 Å². The number of thiophene rings is 1. The third-order valence-corrected chi connectivity index (χ3v) is 4.84. The zero-order valence-corrected chi connectivity index (χ0v) is 13.3. The molecular weight excluding hydrogens is 324 g/mol. The summed E-state index contributed by atoms with van der Waals surface area (Å²) in [6.07, 6.45) is 2.49. The van der Waals surface area contributed by atoms with Crippen molar-refractivity contribution >= 4 is 45.3 Å². The molecule has 3 nitrogen and oxygen atoms in total. The van der Waals surface area contributed by atoms with Crippen LogP contribution in [0.15, 0.2) is 47.3 Å². The number of anilines is 1. The molecule has 1 aromatic carbocycles. The van der Waals surface area contributed by atoms with E-state index in [1.165, 1.54) is 22.7 Å². The fourth-order valence-electron chi connectivity index (χ4n) is 1.84. The lowest BCUT2D eigenvalue weighted by molar-refractivity contribution is 0.102. The number of hydrogen-bond acceptors (Lipinski definition) is 4. The number of rotatable bonds is 4. The summed E-state index contributed by atoms with van der Waals surface area (Å²) in [4.78, 5) is 17.2. The number of benzene rings is 1. The first-order valence-electron chi connectivity index (χ1n) is 6.24. The Bertz CT molecular complexity index is 753. The van der Waals surface area contributed by atoms with E-state index in [1.54, 1.807) is 12.3 Å². The minimum atomic E-state index is -0.130. The molecule has 2 heterocycles. The van der Waals surface area contributed by atoms with Crippen LogP contribution in [-0.2, 0) is 6.42 Å². The lowest BCUT2D eigenvalue weighted by Gasteiger charge is -2.01. The number of halogens is 1. The fourth-order valence-corrected chi connectivity index (χ4v) is 3.51. The molecule has 6 heteroatoms. The van der Waals surface area contributed by atoms with Crippen LogP contribution in [0.4, 0.5) is 5.13 Å². The van der Waals surface area contributed by atoms with Crippen molar-refractivity contribution in [1.82, 2.24) is 4.98 Å². The summed E-state index contributed by atoms with van der Waals surface area (Å²) in [6.45, 7) is 0. The molecule has 2 aromatic heterocycles. The monoisotopic (exact) mass is 334 g/mol. The molecule has 0 bridgehead atoms. The van der Waals surface area contributed by atoms with Gasteiger partial charge in [-0.25, -0.2) is 4.98 Å². The van der Waals surface area contributed by atoms with Crippen LogP contribution in [-0.4, -0.2) is 10.9 Å². The van der Waals surface area contributed by atoms with Crippen molar-refractivity contribution in [3.63, 3.8) is 0 Å². The van der Waals surface area contributed by atoms with Crippen molar-refractivity contribution in [3.8, 4) is 0 Å². The molecule has 0 saturated carbocycles. The number of hydrogen-bond donors (Lipinski definition) is 1. The lowest BCUT2D eigenvalue weighted by Crippen LogP contribution is -2.10. The Morgan fingerprint density at radius 3 is 2.90 bits per heavy atom. The first-order valence-corrected chi connectivity index (χ1v) is 8.38. The van der Waals surface area contributed by atoms with Gasteiger partial charge in [0.25, 0.3) is 5.91 Å². The van der Waals surface area contributed by atoms with E-state index >= 15 is 0 Å². The maximum atomic E-state index is 11.9. The number of amides is 1. The van der Waals surface area contributed by atoms with Crippen LogP contribution in [0.3, 0.4) is 0 Å². The topological polar surface area (TPSA) is 42.0 Å². The minimum Gasteiger partial charge on any atom is -0.298 e. The third kappa shape index (κ3) is 3.50. The average Bonchev–Trinajstić information content (AvgIpc) is 3.13. The lowest BCUT2D eigenvalue weighted by atomic mass is 10.1. The predicted molar refractivity (Wildman–Crippen MR) is 88.6 cm³/mol. The fraction of sp³-hybridized carbons (Fsp3) is 0.0667. The summed E-state index contributed by atoms with van der Waals surface area (Å²) in [7, 11) is 0. The number of carbonyl (C=O) groups is 1. The van der Waals surface area contributed by atoms with E-state index in [-0.39, 0.29) is 5.91 Å². The number of nitrogens with zero attached hydrogens (tertiary/aromatic N) is 1. The van der Waals surface area contributed by atoms with Crippen molar-refractivity contribution in [1.29, 1.82) is 0 Å². The summed E-state index contributed by atoms with van der Waals surface area (Å²) in [6, 6.07) is 9.52. The van der Waals surface area contributed by atoms with Crippen molar-refractivity contribution < 1.29 is 4.79 Å². The Morgan fingerprint density at radius 2 is 2.14 bits per heavy atom. The van der Waals surface area contributed by atoms with Gasteiger partial charge in [-0.3, -0.25) is 10.1 Å². The number of thiazole rings is 1. The number of nitrogens with one attached hydrogen (secondary N) is 1. The largest absolute Gasteiger partial charge is 0.298 e. The summed E-state index contributed by atoms with van der Waals surface area (Å²) in [5.74, 6) is -0.130. The van der Waals surface area contributed by atoms with E-state index in [1.807, 2.05) is 35.0 Å². The second kappa shape index (κ2) is 6.39. The van der Waals surface area contributed by atoms with Crippen LogP contribution in [0.5, 0.6) is 0 Å². The zero-order chi connectivity index (χ0) is 14.7. The van der Waals surface area contributed by atoms with Gasteiger partial charge in [-0.05, 0) is 23.1 Å². The van der Waals surface area contributed by atoms with E-state index in [9.17, 15) is 4.79 Å². The molecule has 0 aliphatic carbocycles. The molecule has 106 valence electrons. The van der Waals surface area contributed by atoms with Gasteiger partial charge in [0.15, 0.2) is 5.13 Å². The van der Waals surface area contributed by atoms with Gasteiger partial charge in [0, 0.05) is 27.9 Å². The summed E-state index contributed by atoms with van der Waals surface area (Å²) >= 11 is 9.11. The zero-order valence-electron chi connectivity index (χ0n) is 10.9. The Labute approximate surface area is 135 Å². The summed E-state index contributed by atoms with van der Waals surface area (Å²) in [5, 5.41) is 7.84. The van der Waals surface area contributed by atoms with Gasteiger partial charge in [0.05, 0.1) is 5.56 Å². The van der Waals surface area contributed by atoms with Gasteiger partial charge < -0.3 is 0 Å². The minimum absolute atomic E-state index is 0.130. The van der Waals surface area contributed by atoms with E-state index in [4.69, 9.17) is 11.6 Å². The van der Waals surface area contributed by atoms with Crippen molar-refractivity contribution in [2.75, 3.05) is 5.32 Å². The maximum absolute atomic E-state index is 11.9. The van der Waals surface area contributed by atoms with Crippen molar-refractivity contribution in [2.24, 2.45) is 0 Å². The second-order valence-corrected chi connectivity index (χ2v) is 6.67. The average molecular weight is 335 g/mol. The maximum Gasteiger partial charge on any atom is 0.258 e. The van der Waals surface area contributed by atoms with Crippen LogP contribution in [0.2, 0.25) is 5.02 Å². The molecule has 3 rings (SSSR count). The Morgan fingerprint density at radius 1 is 1.29 bits per heavy atom. The first-order chi connectivity index (χ1) is 10.2. The molecule has 1 N–H and O–H groups in total. The quantitative estimate of drug-likeness (QED) is 0.751. The van der Waals surface area contributed by atoms with Gasteiger partial charge in [0.1, 0.15) is 0 Å².